The zero-order valence-corrected chi connectivity index (χ0v) is 25.3. The first-order chi connectivity index (χ1) is 21.2. The normalized spacial score (nSPS) is 23.2. The Morgan fingerprint density at radius 2 is 1.80 bits per heavy atom. The number of halogens is 1. The number of hydrogen-bond donors (Lipinski definition) is 0. The average Bonchev–Trinajstić information content (AvgIpc) is 3.96. The summed E-state index contributed by atoms with van der Waals surface area (Å²) in [4.78, 5) is 19.4. The first kappa shape index (κ1) is 27.6. The fourth-order valence-electron chi connectivity index (χ4n) is 7.19. The van der Waals surface area contributed by atoms with E-state index in [2.05, 4.69) is 21.3 Å². The third kappa shape index (κ3) is 4.56. The third-order valence-electron chi connectivity index (χ3n) is 9.71. The number of aromatic nitrogens is 5. The monoisotopic (exact) mass is 612 g/mol. The Balaban J connectivity index is 1.21. The van der Waals surface area contributed by atoms with Crippen LogP contribution in [0.5, 0.6) is 0 Å². The van der Waals surface area contributed by atoms with Crippen LogP contribution in [-0.2, 0) is 23.5 Å². The van der Waals surface area contributed by atoms with Crippen LogP contribution in [0, 0.1) is 11.2 Å². The van der Waals surface area contributed by atoms with Gasteiger partial charge in [-0.25, -0.2) is 17.5 Å². The Hall–Kier alpha value is -3.96. The van der Waals surface area contributed by atoms with E-state index in [1.165, 1.54) is 16.8 Å². The first-order valence-corrected chi connectivity index (χ1v) is 16.7. The van der Waals surface area contributed by atoms with Crippen LogP contribution in [0.3, 0.4) is 0 Å². The molecule has 44 heavy (non-hydrogen) atoms. The van der Waals surface area contributed by atoms with Crippen molar-refractivity contribution < 1.29 is 17.6 Å². The summed E-state index contributed by atoms with van der Waals surface area (Å²) in [6.45, 7) is 0. The van der Waals surface area contributed by atoms with Crippen molar-refractivity contribution in [2.75, 3.05) is 0 Å². The molecule has 0 bridgehead atoms. The minimum Gasteiger partial charge on any atom is -0.291 e. The van der Waals surface area contributed by atoms with Gasteiger partial charge in [-0.2, -0.15) is 14.5 Å². The minimum absolute atomic E-state index is 0.0393. The highest BCUT2D eigenvalue weighted by atomic mass is 32.2. The lowest BCUT2D eigenvalue weighted by Crippen LogP contribution is -2.51. The summed E-state index contributed by atoms with van der Waals surface area (Å²) in [6.07, 6.45) is 13.1. The largest absolute Gasteiger partial charge is 0.291 e. The predicted octanol–water partition coefficient (Wildman–Crippen LogP) is 5.23. The van der Waals surface area contributed by atoms with Crippen molar-refractivity contribution in [3.63, 3.8) is 0 Å². The number of pyridine rings is 1. The third-order valence-corrected chi connectivity index (χ3v) is 11.6. The van der Waals surface area contributed by atoms with Crippen LogP contribution >= 0.6 is 0 Å². The molecule has 4 aliphatic carbocycles. The van der Waals surface area contributed by atoms with Gasteiger partial charge in [0, 0.05) is 31.5 Å². The molecule has 226 valence electrons. The van der Waals surface area contributed by atoms with Crippen molar-refractivity contribution in [2.45, 2.75) is 74.4 Å². The Kier molecular flexibility index (Phi) is 6.29. The molecule has 0 aliphatic heterocycles. The molecule has 1 aromatic carbocycles. The number of ketones is 1. The molecular formula is C33H33FN6O3S. The summed E-state index contributed by atoms with van der Waals surface area (Å²) in [6, 6.07) is 11.1. The molecule has 11 heteroatoms. The van der Waals surface area contributed by atoms with Crippen molar-refractivity contribution in [3.8, 4) is 5.69 Å². The van der Waals surface area contributed by atoms with Gasteiger partial charge in [0.1, 0.15) is 11.5 Å². The Morgan fingerprint density at radius 1 is 1.00 bits per heavy atom. The van der Waals surface area contributed by atoms with Gasteiger partial charge in [-0.05, 0) is 111 Å². The van der Waals surface area contributed by atoms with Crippen LogP contribution in [0.1, 0.15) is 78.2 Å². The number of sulfonamides is 1. The van der Waals surface area contributed by atoms with Gasteiger partial charge in [0.05, 0.1) is 23.0 Å². The maximum absolute atomic E-state index is 14.7. The molecule has 0 saturated heterocycles. The molecular weight excluding hydrogens is 579 g/mol. The number of carbonyl (C=O) groups is 1. The van der Waals surface area contributed by atoms with Crippen molar-refractivity contribution in [3.05, 3.63) is 95.0 Å². The van der Waals surface area contributed by atoms with E-state index in [9.17, 15) is 17.6 Å². The van der Waals surface area contributed by atoms with Crippen LogP contribution in [0.2, 0.25) is 0 Å². The molecule has 2 atom stereocenters. The lowest BCUT2D eigenvalue weighted by molar-refractivity contribution is 0.0733. The molecule has 3 saturated carbocycles. The standard InChI is InChI=1S/C33H33FN6O3S/c1-38-15-14-31(37-38)44(42,43)40(27-11-12-27)28-8-5-24-16-30-23(20-36-39(30)26-9-6-25(34)7-10-26)17-33(24,18-28)32(41)29-13-4-22(19-35-29)21-2-3-21/h4,6-7,9-10,13-16,19-21,27-28H,2-3,5,8,11-12,17-18H2,1H3/t28-,33-/m0/s1. The summed E-state index contributed by atoms with van der Waals surface area (Å²) < 4.78 is 46.7. The van der Waals surface area contributed by atoms with Gasteiger partial charge < -0.3 is 0 Å². The Morgan fingerprint density at radius 3 is 2.45 bits per heavy atom. The molecule has 8 rings (SSSR count). The lowest BCUT2D eigenvalue weighted by atomic mass is 9.60. The van der Waals surface area contributed by atoms with Crippen LogP contribution in [0.15, 0.2) is 71.7 Å². The minimum atomic E-state index is -3.87. The molecule has 4 aromatic rings. The number of nitrogens with zero attached hydrogens (tertiary/aromatic N) is 6. The molecule has 3 aromatic heterocycles. The molecule has 0 amide bonds. The fourth-order valence-corrected chi connectivity index (χ4v) is 9.05. The van der Waals surface area contributed by atoms with Gasteiger partial charge in [-0.3, -0.25) is 14.5 Å². The van der Waals surface area contributed by atoms with Crippen molar-refractivity contribution in [1.29, 1.82) is 0 Å². The van der Waals surface area contributed by atoms with E-state index in [0.717, 1.165) is 53.8 Å². The second-order valence-corrected chi connectivity index (χ2v) is 14.5. The highest BCUT2D eigenvalue weighted by Crippen LogP contribution is 2.52. The van der Waals surface area contributed by atoms with E-state index >= 15 is 0 Å². The second kappa shape index (κ2) is 10.0. The van der Waals surface area contributed by atoms with Gasteiger partial charge in [0.2, 0.25) is 0 Å². The summed E-state index contributed by atoms with van der Waals surface area (Å²) in [5, 5.41) is 8.92. The second-order valence-electron chi connectivity index (χ2n) is 12.7. The summed E-state index contributed by atoms with van der Waals surface area (Å²) >= 11 is 0. The summed E-state index contributed by atoms with van der Waals surface area (Å²) in [5.41, 5.74) is 4.06. The van der Waals surface area contributed by atoms with E-state index in [0.29, 0.717) is 37.3 Å². The summed E-state index contributed by atoms with van der Waals surface area (Å²) in [5.74, 6) is 0.122. The number of aryl methyl sites for hydroxylation is 1. The maximum atomic E-state index is 14.7. The molecule has 0 unspecified atom stereocenters. The van der Waals surface area contributed by atoms with Gasteiger partial charge in [0.25, 0.3) is 10.0 Å². The number of benzene rings is 1. The molecule has 0 radical (unpaired) electrons. The van der Waals surface area contributed by atoms with Crippen LogP contribution in [0.4, 0.5) is 4.39 Å². The summed E-state index contributed by atoms with van der Waals surface area (Å²) in [7, 11) is -2.16. The van der Waals surface area contributed by atoms with Crippen molar-refractivity contribution in [1.82, 2.24) is 28.9 Å². The number of hydrogen-bond acceptors (Lipinski definition) is 6. The zero-order chi connectivity index (χ0) is 30.2. The van der Waals surface area contributed by atoms with Crippen molar-refractivity contribution >= 4 is 21.9 Å². The molecule has 9 nitrogen and oxygen atoms in total. The van der Waals surface area contributed by atoms with Gasteiger partial charge in [0.15, 0.2) is 10.8 Å². The SMILES string of the molecule is Cn1ccc(S(=O)(=O)N(C2CC2)[C@H]2CCC3=Cc4c(cnn4-c4ccc(F)cc4)C[C@]3(C(=O)c3ccc(C4CC4)cn3)C2)n1. The number of Topliss-reactive ketones (excluding diaryl/α,β-unsaturated/α-hetero) is 1. The van der Waals surface area contributed by atoms with E-state index in [-0.39, 0.29) is 28.7 Å². The number of rotatable bonds is 8. The highest BCUT2D eigenvalue weighted by molar-refractivity contribution is 7.89. The van der Waals surface area contributed by atoms with Crippen LogP contribution < -0.4 is 0 Å². The molecule has 3 heterocycles. The predicted molar refractivity (Wildman–Crippen MR) is 161 cm³/mol. The van der Waals surface area contributed by atoms with E-state index in [1.54, 1.807) is 46.6 Å². The highest BCUT2D eigenvalue weighted by Gasteiger charge is 2.54. The molecule has 0 spiro atoms. The molecule has 4 aliphatic rings. The maximum Gasteiger partial charge on any atom is 0.262 e. The molecule has 3 fully saturated rings. The smallest absolute Gasteiger partial charge is 0.262 e. The molecule has 0 N–H and O–H groups in total. The van der Waals surface area contributed by atoms with E-state index in [1.807, 2.05) is 18.3 Å². The zero-order valence-electron chi connectivity index (χ0n) is 24.4. The van der Waals surface area contributed by atoms with Gasteiger partial charge >= 0.3 is 0 Å². The van der Waals surface area contributed by atoms with Gasteiger partial charge in [-0.15, -0.1) is 0 Å². The number of fused-ring (bicyclic) bond motifs is 2. The lowest BCUT2D eigenvalue weighted by Gasteiger charge is -2.46. The Labute approximate surface area is 255 Å². The first-order valence-electron chi connectivity index (χ1n) is 15.3. The van der Waals surface area contributed by atoms with Gasteiger partial charge in [-0.1, -0.05) is 11.6 Å². The number of carbonyl (C=O) groups excluding carboxylic acids is 1. The fraction of sp³-hybridized carbons (Fsp3) is 0.394. The Bertz CT molecular complexity index is 1900. The topological polar surface area (TPSA) is 103 Å². The average molecular weight is 613 g/mol. The van der Waals surface area contributed by atoms with E-state index in [4.69, 9.17) is 0 Å². The van der Waals surface area contributed by atoms with Crippen LogP contribution in [-0.4, -0.2) is 55.1 Å². The number of allylic oxidation sites excluding steroid dienone is 1. The van der Waals surface area contributed by atoms with Crippen molar-refractivity contribution in [2.24, 2.45) is 12.5 Å². The quantitative estimate of drug-likeness (QED) is 0.253. The van der Waals surface area contributed by atoms with E-state index < -0.39 is 15.4 Å². The van der Waals surface area contributed by atoms with Crippen LogP contribution in [0.25, 0.3) is 11.8 Å².